The number of carbonyl (C=O) groups is 1. The van der Waals surface area contributed by atoms with Crippen LogP contribution in [0.25, 0.3) is 0 Å². The van der Waals surface area contributed by atoms with Gasteiger partial charge in [-0.2, -0.15) is 0 Å². The number of rotatable bonds is 4. The van der Waals surface area contributed by atoms with Crippen LogP contribution in [0.5, 0.6) is 0 Å². The molecule has 0 saturated carbocycles. The SMILES string of the molecule is CC(NC(=O)c1cc(C(C)(C)C)on1)C(O)c1ccc(Cl)cc1. The van der Waals surface area contributed by atoms with Crippen LogP contribution in [0.15, 0.2) is 34.9 Å². The summed E-state index contributed by atoms with van der Waals surface area (Å²) in [6, 6.07) is 7.98. The number of carbonyl (C=O) groups excluding carboxylic acids is 1. The normalized spacial score (nSPS) is 14.3. The first kappa shape index (κ1) is 17.5. The molecule has 0 bridgehead atoms. The number of halogens is 1. The maximum atomic E-state index is 12.2. The van der Waals surface area contributed by atoms with E-state index in [0.717, 1.165) is 0 Å². The van der Waals surface area contributed by atoms with E-state index in [9.17, 15) is 9.90 Å². The topological polar surface area (TPSA) is 75.4 Å². The predicted octanol–water partition coefficient (Wildman–Crippen LogP) is 3.48. The fraction of sp³-hybridized carbons (Fsp3) is 0.412. The molecular formula is C17H21ClN2O3. The van der Waals surface area contributed by atoms with Gasteiger partial charge in [0.25, 0.3) is 5.91 Å². The highest BCUT2D eigenvalue weighted by molar-refractivity contribution is 6.30. The van der Waals surface area contributed by atoms with Crippen molar-refractivity contribution in [2.45, 2.75) is 45.3 Å². The van der Waals surface area contributed by atoms with Gasteiger partial charge in [0.2, 0.25) is 0 Å². The summed E-state index contributed by atoms with van der Waals surface area (Å²) in [6.07, 6.45) is -0.842. The molecule has 0 aliphatic heterocycles. The van der Waals surface area contributed by atoms with Crippen molar-refractivity contribution in [3.63, 3.8) is 0 Å². The Morgan fingerprint density at radius 1 is 1.30 bits per heavy atom. The Bertz CT molecular complexity index is 674. The minimum atomic E-state index is -0.842. The number of aromatic nitrogens is 1. The molecule has 124 valence electrons. The number of benzene rings is 1. The van der Waals surface area contributed by atoms with E-state index in [1.807, 2.05) is 20.8 Å². The van der Waals surface area contributed by atoms with Crippen molar-refractivity contribution in [2.75, 3.05) is 0 Å². The molecule has 2 aromatic rings. The van der Waals surface area contributed by atoms with Crippen LogP contribution in [-0.4, -0.2) is 22.2 Å². The van der Waals surface area contributed by atoms with Crippen molar-refractivity contribution < 1.29 is 14.4 Å². The van der Waals surface area contributed by atoms with Crippen molar-refractivity contribution in [3.8, 4) is 0 Å². The summed E-state index contributed by atoms with van der Waals surface area (Å²) in [7, 11) is 0. The predicted molar refractivity (Wildman–Crippen MR) is 88.5 cm³/mol. The molecular weight excluding hydrogens is 316 g/mol. The molecule has 6 heteroatoms. The Labute approximate surface area is 140 Å². The fourth-order valence-electron chi connectivity index (χ4n) is 2.04. The van der Waals surface area contributed by atoms with Gasteiger partial charge >= 0.3 is 0 Å². The van der Waals surface area contributed by atoms with E-state index >= 15 is 0 Å². The summed E-state index contributed by atoms with van der Waals surface area (Å²) in [5.74, 6) is 0.248. The standard InChI is InChI=1S/C17H21ClN2O3/c1-10(15(21)11-5-7-12(18)8-6-11)19-16(22)13-9-14(23-20-13)17(2,3)4/h5-10,15,21H,1-4H3,(H,19,22). The van der Waals surface area contributed by atoms with E-state index in [1.165, 1.54) is 0 Å². The van der Waals surface area contributed by atoms with Crippen molar-refractivity contribution in [1.82, 2.24) is 10.5 Å². The van der Waals surface area contributed by atoms with E-state index < -0.39 is 12.1 Å². The van der Waals surface area contributed by atoms with Crippen molar-refractivity contribution >= 4 is 17.5 Å². The van der Waals surface area contributed by atoms with Crippen LogP contribution in [0.4, 0.5) is 0 Å². The summed E-state index contributed by atoms with van der Waals surface area (Å²) in [5.41, 5.74) is 0.655. The molecule has 1 aromatic heterocycles. The molecule has 1 heterocycles. The minimum Gasteiger partial charge on any atom is -0.386 e. The summed E-state index contributed by atoms with van der Waals surface area (Å²) < 4.78 is 5.20. The van der Waals surface area contributed by atoms with E-state index in [-0.39, 0.29) is 17.0 Å². The minimum absolute atomic E-state index is 0.199. The molecule has 23 heavy (non-hydrogen) atoms. The second-order valence-electron chi connectivity index (χ2n) is 6.58. The van der Waals surface area contributed by atoms with Crippen LogP contribution in [0.1, 0.15) is 55.6 Å². The molecule has 0 spiro atoms. The van der Waals surface area contributed by atoms with Gasteiger partial charge in [0, 0.05) is 16.5 Å². The van der Waals surface area contributed by atoms with Gasteiger partial charge < -0.3 is 14.9 Å². The summed E-state index contributed by atoms with van der Waals surface area (Å²) in [5, 5.41) is 17.4. The zero-order chi connectivity index (χ0) is 17.2. The van der Waals surface area contributed by atoms with Gasteiger partial charge in [0.1, 0.15) is 5.76 Å². The molecule has 2 unspecified atom stereocenters. The summed E-state index contributed by atoms with van der Waals surface area (Å²) >= 11 is 5.83. The van der Waals surface area contributed by atoms with E-state index in [1.54, 1.807) is 37.3 Å². The number of nitrogens with zero attached hydrogens (tertiary/aromatic N) is 1. The number of aliphatic hydroxyl groups excluding tert-OH is 1. The second-order valence-corrected chi connectivity index (χ2v) is 7.02. The van der Waals surface area contributed by atoms with Gasteiger partial charge in [0.05, 0.1) is 12.1 Å². The molecule has 0 radical (unpaired) electrons. The third kappa shape index (κ3) is 4.33. The highest BCUT2D eigenvalue weighted by Gasteiger charge is 2.24. The maximum absolute atomic E-state index is 12.2. The first-order chi connectivity index (χ1) is 10.7. The molecule has 2 rings (SSSR count). The summed E-state index contributed by atoms with van der Waals surface area (Å²) in [4.78, 5) is 12.2. The van der Waals surface area contributed by atoms with Gasteiger partial charge in [-0.25, -0.2) is 0 Å². The Hall–Kier alpha value is -1.85. The molecule has 0 aliphatic rings. The lowest BCUT2D eigenvalue weighted by Crippen LogP contribution is -2.37. The first-order valence-corrected chi connectivity index (χ1v) is 7.78. The number of nitrogens with one attached hydrogen (secondary N) is 1. The molecule has 0 fully saturated rings. The fourth-order valence-corrected chi connectivity index (χ4v) is 2.17. The van der Waals surface area contributed by atoms with E-state index in [2.05, 4.69) is 10.5 Å². The van der Waals surface area contributed by atoms with Crippen LogP contribution in [0.2, 0.25) is 5.02 Å². The molecule has 5 nitrogen and oxygen atoms in total. The molecule has 0 saturated heterocycles. The first-order valence-electron chi connectivity index (χ1n) is 7.40. The molecule has 2 atom stereocenters. The molecule has 2 N–H and O–H groups in total. The highest BCUT2D eigenvalue weighted by Crippen LogP contribution is 2.23. The van der Waals surface area contributed by atoms with Gasteiger partial charge in [-0.05, 0) is 24.6 Å². The maximum Gasteiger partial charge on any atom is 0.273 e. The van der Waals surface area contributed by atoms with Crippen LogP contribution in [0.3, 0.4) is 0 Å². The molecule has 1 aromatic carbocycles. The number of amides is 1. The largest absolute Gasteiger partial charge is 0.386 e. The highest BCUT2D eigenvalue weighted by atomic mass is 35.5. The van der Waals surface area contributed by atoms with Crippen LogP contribution < -0.4 is 5.32 Å². The quantitative estimate of drug-likeness (QED) is 0.896. The number of aliphatic hydroxyl groups is 1. The molecule has 0 aliphatic carbocycles. The lowest BCUT2D eigenvalue weighted by atomic mass is 9.93. The second kappa shape index (κ2) is 6.72. The van der Waals surface area contributed by atoms with E-state index in [4.69, 9.17) is 16.1 Å². The third-order valence-electron chi connectivity index (χ3n) is 3.53. The average Bonchev–Trinajstić information content (AvgIpc) is 2.97. The Morgan fingerprint density at radius 3 is 2.43 bits per heavy atom. The zero-order valence-corrected chi connectivity index (χ0v) is 14.4. The number of hydrogen-bond acceptors (Lipinski definition) is 4. The van der Waals surface area contributed by atoms with Crippen molar-refractivity contribution in [1.29, 1.82) is 0 Å². The molecule has 1 amide bonds. The Balaban J connectivity index is 2.04. The lowest BCUT2D eigenvalue weighted by Gasteiger charge is -2.20. The van der Waals surface area contributed by atoms with Crippen LogP contribution in [0, 0.1) is 0 Å². The zero-order valence-electron chi connectivity index (χ0n) is 13.6. The Kier molecular flexibility index (Phi) is 5.12. The van der Waals surface area contributed by atoms with Gasteiger partial charge in [0.15, 0.2) is 5.69 Å². The Morgan fingerprint density at radius 2 is 1.91 bits per heavy atom. The summed E-state index contributed by atoms with van der Waals surface area (Å²) in [6.45, 7) is 7.65. The smallest absolute Gasteiger partial charge is 0.273 e. The number of hydrogen-bond donors (Lipinski definition) is 2. The van der Waals surface area contributed by atoms with Crippen molar-refractivity contribution in [2.24, 2.45) is 0 Å². The monoisotopic (exact) mass is 336 g/mol. The van der Waals surface area contributed by atoms with Crippen LogP contribution >= 0.6 is 11.6 Å². The van der Waals surface area contributed by atoms with Gasteiger partial charge in [-0.15, -0.1) is 0 Å². The van der Waals surface area contributed by atoms with Gasteiger partial charge in [-0.1, -0.05) is 49.7 Å². The van der Waals surface area contributed by atoms with Crippen molar-refractivity contribution in [3.05, 3.63) is 52.4 Å². The van der Waals surface area contributed by atoms with E-state index in [0.29, 0.717) is 16.3 Å². The van der Waals surface area contributed by atoms with Crippen LogP contribution in [-0.2, 0) is 5.41 Å². The average molecular weight is 337 g/mol. The van der Waals surface area contributed by atoms with Gasteiger partial charge in [-0.3, -0.25) is 4.79 Å². The third-order valence-corrected chi connectivity index (χ3v) is 3.78. The lowest BCUT2D eigenvalue weighted by molar-refractivity contribution is 0.0843.